The Labute approximate surface area is 54.2 Å². The number of nitrogens with two attached hydrogens (primary N) is 1. The number of hydrogen-bond acceptors (Lipinski definition) is 3. The van der Waals surface area contributed by atoms with Crippen molar-refractivity contribution in [3.63, 3.8) is 0 Å². The van der Waals surface area contributed by atoms with Gasteiger partial charge in [0, 0.05) is 6.04 Å². The Morgan fingerprint density at radius 2 is 2.33 bits per heavy atom. The van der Waals surface area contributed by atoms with E-state index in [1.54, 1.807) is 0 Å². The average Bonchev–Trinajstić information content (AvgIpc) is 2.18. The minimum Gasteiger partial charge on any atom is -0.463 e. The van der Waals surface area contributed by atoms with Crippen LogP contribution in [0.2, 0.25) is 0 Å². The van der Waals surface area contributed by atoms with Crippen LogP contribution < -0.4 is 5.73 Å². The first kappa shape index (κ1) is 6.55. The van der Waals surface area contributed by atoms with E-state index in [9.17, 15) is 4.79 Å². The third-order valence-corrected chi connectivity index (χ3v) is 1.73. The van der Waals surface area contributed by atoms with Gasteiger partial charge < -0.3 is 10.5 Å². The smallest absolute Gasteiger partial charge is 0.293 e. The predicted molar refractivity (Wildman–Crippen MR) is 32.8 cm³/mol. The van der Waals surface area contributed by atoms with E-state index >= 15 is 0 Å². The largest absolute Gasteiger partial charge is 0.463 e. The standard InChI is InChI=1S/C6H11NO2/c7-5-2-1-3-6(5)9-4-8/h4-6H,1-3,7H2/t5-,6-/m0/s1. The number of ether oxygens (including phenoxy) is 1. The van der Waals surface area contributed by atoms with Gasteiger partial charge in [0.05, 0.1) is 0 Å². The van der Waals surface area contributed by atoms with Gasteiger partial charge in [-0.25, -0.2) is 0 Å². The summed E-state index contributed by atoms with van der Waals surface area (Å²) in [6, 6.07) is 0.0789. The maximum atomic E-state index is 9.83. The van der Waals surface area contributed by atoms with Gasteiger partial charge in [-0.15, -0.1) is 0 Å². The molecule has 1 fully saturated rings. The van der Waals surface area contributed by atoms with E-state index in [-0.39, 0.29) is 12.1 Å². The van der Waals surface area contributed by atoms with Crippen molar-refractivity contribution in [1.82, 2.24) is 0 Å². The van der Waals surface area contributed by atoms with Crippen LogP contribution in [0.4, 0.5) is 0 Å². The molecule has 1 aliphatic rings. The highest BCUT2D eigenvalue weighted by atomic mass is 16.5. The summed E-state index contributed by atoms with van der Waals surface area (Å²) in [6.07, 6.45) is 2.99. The van der Waals surface area contributed by atoms with Gasteiger partial charge in [0.1, 0.15) is 6.10 Å². The van der Waals surface area contributed by atoms with Crippen molar-refractivity contribution in [2.75, 3.05) is 0 Å². The van der Waals surface area contributed by atoms with Crippen LogP contribution in [-0.2, 0) is 9.53 Å². The lowest BCUT2D eigenvalue weighted by molar-refractivity contribution is -0.133. The second-order valence-corrected chi connectivity index (χ2v) is 2.37. The lowest BCUT2D eigenvalue weighted by atomic mass is 10.2. The SMILES string of the molecule is N[C@H]1CCC[C@@H]1OC=O. The predicted octanol–water partition coefficient (Wildman–Crippen LogP) is 0.0392. The second-order valence-electron chi connectivity index (χ2n) is 2.37. The monoisotopic (exact) mass is 129 g/mol. The van der Waals surface area contributed by atoms with E-state index < -0.39 is 0 Å². The summed E-state index contributed by atoms with van der Waals surface area (Å²) in [5.41, 5.74) is 5.58. The topological polar surface area (TPSA) is 52.3 Å². The third-order valence-electron chi connectivity index (χ3n) is 1.73. The van der Waals surface area contributed by atoms with Gasteiger partial charge in [-0.05, 0) is 19.3 Å². The Bertz CT molecular complexity index is 105. The number of carbonyl (C=O) groups is 1. The van der Waals surface area contributed by atoms with Gasteiger partial charge in [0.2, 0.25) is 0 Å². The van der Waals surface area contributed by atoms with Crippen LogP contribution in [0.15, 0.2) is 0 Å². The molecule has 1 aliphatic carbocycles. The second kappa shape index (κ2) is 2.82. The quantitative estimate of drug-likeness (QED) is 0.535. The van der Waals surface area contributed by atoms with Crippen LogP contribution in [-0.4, -0.2) is 18.6 Å². The average molecular weight is 129 g/mol. The Hall–Kier alpha value is -0.570. The molecule has 2 atom stereocenters. The van der Waals surface area contributed by atoms with E-state index in [0.717, 1.165) is 19.3 Å². The summed E-state index contributed by atoms with van der Waals surface area (Å²) in [6.45, 7) is 0.482. The molecule has 1 rings (SSSR count). The molecule has 0 aliphatic heterocycles. The lowest BCUT2D eigenvalue weighted by Gasteiger charge is -2.11. The van der Waals surface area contributed by atoms with Gasteiger partial charge in [0.25, 0.3) is 6.47 Å². The van der Waals surface area contributed by atoms with Crippen molar-refractivity contribution in [2.45, 2.75) is 31.4 Å². The Kier molecular flexibility index (Phi) is 2.05. The fraction of sp³-hybridized carbons (Fsp3) is 0.833. The molecule has 0 aromatic heterocycles. The molecule has 0 bridgehead atoms. The molecule has 3 nitrogen and oxygen atoms in total. The first-order valence-electron chi connectivity index (χ1n) is 3.19. The first-order chi connectivity index (χ1) is 4.34. The summed E-state index contributed by atoms with van der Waals surface area (Å²) in [5.74, 6) is 0. The normalized spacial score (nSPS) is 34.3. The van der Waals surface area contributed by atoms with Crippen LogP contribution >= 0.6 is 0 Å². The Morgan fingerprint density at radius 1 is 1.56 bits per heavy atom. The van der Waals surface area contributed by atoms with E-state index in [1.807, 2.05) is 0 Å². The van der Waals surface area contributed by atoms with Crippen LogP contribution in [0.3, 0.4) is 0 Å². The van der Waals surface area contributed by atoms with Gasteiger partial charge in [0.15, 0.2) is 0 Å². The molecular weight excluding hydrogens is 118 g/mol. The minimum atomic E-state index is -0.0116. The third kappa shape index (κ3) is 1.42. The molecule has 2 N–H and O–H groups in total. The highest BCUT2D eigenvalue weighted by Crippen LogP contribution is 2.19. The number of carbonyl (C=O) groups excluding carboxylic acids is 1. The zero-order valence-electron chi connectivity index (χ0n) is 5.25. The Morgan fingerprint density at radius 3 is 2.78 bits per heavy atom. The summed E-state index contributed by atoms with van der Waals surface area (Å²) >= 11 is 0. The van der Waals surface area contributed by atoms with Gasteiger partial charge >= 0.3 is 0 Å². The molecule has 0 unspecified atom stereocenters. The highest BCUT2D eigenvalue weighted by Gasteiger charge is 2.24. The molecule has 0 amide bonds. The molecule has 3 heteroatoms. The van der Waals surface area contributed by atoms with E-state index in [4.69, 9.17) is 10.5 Å². The van der Waals surface area contributed by atoms with Crippen LogP contribution in [0, 0.1) is 0 Å². The number of hydrogen-bond donors (Lipinski definition) is 1. The summed E-state index contributed by atoms with van der Waals surface area (Å²) in [4.78, 5) is 9.83. The van der Waals surface area contributed by atoms with Gasteiger partial charge in [-0.2, -0.15) is 0 Å². The Balaban J connectivity index is 2.30. The molecule has 0 aromatic carbocycles. The zero-order chi connectivity index (χ0) is 6.69. The first-order valence-corrected chi connectivity index (χ1v) is 3.19. The van der Waals surface area contributed by atoms with Gasteiger partial charge in [-0.3, -0.25) is 4.79 Å². The maximum Gasteiger partial charge on any atom is 0.293 e. The summed E-state index contributed by atoms with van der Waals surface area (Å²) in [5, 5.41) is 0. The molecule has 0 heterocycles. The zero-order valence-corrected chi connectivity index (χ0v) is 5.25. The van der Waals surface area contributed by atoms with Crippen LogP contribution in [0.1, 0.15) is 19.3 Å². The van der Waals surface area contributed by atoms with Crippen molar-refractivity contribution in [1.29, 1.82) is 0 Å². The van der Waals surface area contributed by atoms with Crippen molar-refractivity contribution in [3.8, 4) is 0 Å². The van der Waals surface area contributed by atoms with E-state index in [0.29, 0.717) is 6.47 Å². The molecule has 1 saturated carbocycles. The molecule has 0 spiro atoms. The van der Waals surface area contributed by atoms with Crippen molar-refractivity contribution in [3.05, 3.63) is 0 Å². The summed E-state index contributed by atoms with van der Waals surface area (Å²) < 4.78 is 4.71. The van der Waals surface area contributed by atoms with Crippen molar-refractivity contribution >= 4 is 6.47 Å². The molecule has 52 valence electrons. The molecule has 0 saturated heterocycles. The summed E-state index contributed by atoms with van der Waals surface area (Å²) in [7, 11) is 0. The number of rotatable bonds is 2. The van der Waals surface area contributed by atoms with Crippen LogP contribution in [0.25, 0.3) is 0 Å². The van der Waals surface area contributed by atoms with E-state index in [1.165, 1.54) is 0 Å². The fourth-order valence-electron chi connectivity index (χ4n) is 1.20. The highest BCUT2D eigenvalue weighted by molar-refractivity contribution is 5.37. The van der Waals surface area contributed by atoms with Crippen molar-refractivity contribution in [2.24, 2.45) is 5.73 Å². The molecule has 0 radical (unpaired) electrons. The molecule has 0 aromatic rings. The van der Waals surface area contributed by atoms with E-state index in [2.05, 4.69) is 0 Å². The van der Waals surface area contributed by atoms with Gasteiger partial charge in [-0.1, -0.05) is 0 Å². The maximum absolute atomic E-state index is 9.83. The lowest BCUT2D eigenvalue weighted by Crippen LogP contribution is -2.30. The van der Waals surface area contributed by atoms with Crippen molar-refractivity contribution < 1.29 is 9.53 Å². The fourth-order valence-corrected chi connectivity index (χ4v) is 1.20. The molecular formula is C6H11NO2. The molecule has 9 heavy (non-hydrogen) atoms. The minimum absolute atomic E-state index is 0.0116. The van der Waals surface area contributed by atoms with Crippen LogP contribution in [0.5, 0.6) is 0 Å².